The Hall–Kier alpha value is -0.830. The van der Waals surface area contributed by atoms with E-state index in [4.69, 9.17) is 0 Å². The van der Waals surface area contributed by atoms with Crippen LogP contribution in [0.4, 0.5) is 0 Å². The predicted octanol–water partition coefficient (Wildman–Crippen LogP) is 3.54. The molecule has 0 bridgehead atoms. The van der Waals surface area contributed by atoms with E-state index in [1.807, 2.05) is 10.7 Å². The molecule has 0 aromatic carbocycles. The molecule has 0 saturated heterocycles. The predicted molar refractivity (Wildman–Crippen MR) is 73.2 cm³/mol. The molecule has 1 N–H and O–H groups in total. The quantitative estimate of drug-likeness (QED) is 0.868. The van der Waals surface area contributed by atoms with Gasteiger partial charge in [-0.1, -0.05) is 32.6 Å². The highest BCUT2D eigenvalue weighted by atomic mass is 16.3. The molecule has 0 spiro atoms. The minimum atomic E-state index is -0.324. The van der Waals surface area contributed by atoms with E-state index in [0.717, 1.165) is 18.2 Å². The Morgan fingerprint density at radius 1 is 1.33 bits per heavy atom. The summed E-state index contributed by atoms with van der Waals surface area (Å²) in [5.41, 5.74) is 0.997. The van der Waals surface area contributed by atoms with Gasteiger partial charge in [-0.15, -0.1) is 0 Å². The van der Waals surface area contributed by atoms with Gasteiger partial charge >= 0.3 is 0 Å². The van der Waals surface area contributed by atoms with Crippen LogP contribution in [-0.2, 0) is 6.54 Å². The molecule has 3 nitrogen and oxygen atoms in total. The molecule has 18 heavy (non-hydrogen) atoms. The van der Waals surface area contributed by atoms with Crippen molar-refractivity contribution in [3.8, 4) is 0 Å². The van der Waals surface area contributed by atoms with Crippen LogP contribution in [0, 0.1) is 11.8 Å². The number of aryl methyl sites for hydroxylation is 1. The van der Waals surface area contributed by atoms with E-state index in [9.17, 15) is 5.11 Å². The van der Waals surface area contributed by atoms with Crippen molar-refractivity contribution < 1.29 is 5.11 Å². The molecule has 1 aromatic rings. The second-order valence-electron chi connectivity index (χ2n) is 5.59. The zero-order valence-electron chi connectivity index (χ0n) is 11.7. The lowest BCUT2D eigenvalue weighted by Gasteiger charge is -2.31. The summed E-state index contributed by atoms with van der Waals surface area (Å²) in [5, 5.41) is 14.8. The second kappa shape index (κ2) is 6.37. The summed E-state index contributed by atoms with van der Waals surface area (Å²) in [6.07, 6.45) is 9.03. The van der Waals surface area contributed by atoms with Crippen molar-refractivity contribution in [2.45, 2.75) is 65.0 Å². The Morgan fingerprint density at radius 2 is 2.06 bits per heavy atom. The molecule has 1 aliphatic rings. The average molecular weight is 250 g/mol. The minimum Gasteiger partial charge on any atom is -0.387 e. The first-order valence-corrected chi connectivity index (χ1v) is 7.46. The molecule has 3 heteroatoms. The molecule has 1 aliphatic carbocycles. The molecular weight excluding hydrogens is 224 g/mol. The van der Waals surface area contributed by atoms with Gasteiger partial charge in [-0.3, -0.25) is 4.68 Å². The normalized spacial score (nSPS) is 26.2. The first-order chi connectivity index (χ1) is 8.76. The SMILES string of the molecule is CCCC1CCC(C(O)c2ccnn2CC)CC1. The zero-order valence-corrected chi connectivity index (χ0v) is 11.7. The Bertz CT molecular complexity index is 353. The van der Waals surface area contributed by atoms with Crippen LogP contribution in [0.1, 0.15) is 64.2 Å². The van der Waals surface area contributed by atoms with E-state index in [1.165, 1.54) is 38.5 Å². The highest BCUT2D eigenvalue weighted by Crippen LogP contribution is 2.38. The highest BCUT2D eigenvalue weighted by Gasteiger charge is 2.28. The van der Waals surface area contributed by atoms with E-state index in [0.29, 0.717) is 5.92 Å². The molecule has 0 aliphatic heterocycles. The second-order valence-corrected chi connectivity index (χ2v) is 5.59. The van der Waals surface area contributed by atoms with Crippen molar-refractivity contribution in [1.29, 1.82) is 0 Å². The maximum atomic E-state index is 10.5. The van der Waals surface area contributed by atoms with E-state index < -0.39 is 0 Å². The van der Waals surface area contributed by atoms with Crippen LogP contribution < -0.4 is 0 Å². The maximum absolute atomic E-state index is 10.5. The first kappa shape index (κ1) is 13.6. The fourth-order valence-corrected chi connectivity index (χ4v) is 3.30. The highest BCUT2D eigenvalue weighted by molar-refractivity contribution is 5.06. The Balaban J connectivity index is 1.93. The van der Waals surface area contributed by atoms with Crippen LogP contribution in [-0.4, -0.2) is 14.9 Å². The van der Waals surface area contributed by atoms with Crippen molar-refractivity contribution >= 4 is 0 Å². The van der Waals surface area contributed by atoms with Gasteiger partial charge in [0.25, 0.3) is 0 Å². The van der Waals surface area contributed by atoms with Crippen LogP contribution in [0.25, 0.3) is 0 Å². The smallest absolute Gasteiger partial charge is 0.0984 e. The third-order valence-corrected chi connectivity index (χ3v) is 4.39. The number of aliphatic hydroxyl groups is 1. The van der Waals surface area contributed by atoms with Gasteiger partial charge in [-0.2, -0.15) is 5.10 Å². The molecule has 1 heterocycles. The number of aliphatic hydroxyl groups excluding tert-OH is 1. The van der Waals surface area contributed by atoms with Crippen molar-refractivity contribution in [1.82, 2.24) is 9.78 Å². The standard InChI is InChI=1S/C15H26N2O/c1-3-5-12-6-8-13(9-7-12)15(18)14-10-11-16-17(14)4-2/h10-13,15,18H,3-9H2,1-2H3. The van der Waals surface area contributed by atoms with Crippen molar-refractivity contribution in [2.24, 2.45) is 11.8 Å². The molecule has 0 amide bonds. The van der Waals surface area contributed by atoms with Crippen LogP contribution in [0.3, 0.4) is 0 Å². The number of nitrogens with zero attached hydrogens (tertiary/aromatic N) is 2. The van der Waals surface area contributed by atoms with Gasteiger partial charge in [0.15, 0.2) is 0 Å². The summed E-state index contributed by atoms with van der Waals surface area (Å²) in [5.74, 6) is 1.33. The average Bonchev–Trinajstić information content (AvgIpc) is 2.87. The zero-order chi connectivity index (χ0) is 13.0. The molecule has 1 atom stereocenters. The fourth-order valence-electron chi connectivity index (χ4n) is 3.30. The van der Waals surface area contributed by atoms with Gasteiger partial charge in [-0.25, -0.2) is 0 Å². The van der Waals surface area contributed by atoms with Gasteiger partial charge in [0, 0.05) is 12.7 Å². The lowest BCUT2D eigenvalue weighted by atomic mass is 9.77. The number of hydrogen-bond donors (Lipinski definition) is 1. The Morgan fingerprint density at radius 3 is 2.67 bits per heavy atom. The lowest BCUT2D eigenvalue weighted by molar-refractivity contribution is 0.0651. The van der Waals surface area contributed by atoms with Crippen molar-refractivity contribution in [2.75, 3.05) is 0 Å². The fraction of sp³-hybridized carbons (Fsp3) is 0.800. The van der Waals surface area contributed by atoms with E-state index in [1.54, 1.807) is 6.20 Å². The Kier molecular flexibility index (Phi) is 4.81. The lowest BCUT2D eigenvalue weighted by Crippen LogP contribution is -2.22. The maximum Gasteiger partial charge on any atom is 0.0984 e. The minimum absolute atomic E-state index is 0.324. The monoisotopic (exact) mass is 250 g/mol. The molecule has 1 aromatic heterocycles. The third kappa shape index (κ3) is 2.94. The van der Waals surface area contributed by atoms with Crippen LogP contribution in [0.5, 0.6) is 0 Å². The van der Waals surface area contributed by atoms with Gasteiger partial charge in [0.05, 0.1) is 11.8 Å². The largest absolute Gasteiger partial charge is 0.387 e. The van der Waals surface area contributed by atoms with E-state index >= 15 is 0 Å². The molecule has 102 valence electrons. The molecular formula is C15H26N2O. The van der Waals surface area contributed by atoms with E-state index in [2.05, 4.69) is 18.9 Å². The molecule has 1 saturated carbocycles. The van der Waals surface area contributed by atoms with Gasteiger partial charge < -0.3 is 5.11 Å². The summed E-state index contributed by atoms with van der Waals surface area (Å²) in [4.78, 5) is 0. The topological polar surface area (TPSA) is 38.1 Å². The first-order valence-electron chi connectivity index (χ1n) is 7.46. The summed E-state index contributed by atoms with van der Waals surface area (Å²) < 4.78 is 1.92. The summed E-state index contributed by atoms with van der Waals surface area (Å²) in [6.45, 7) is 5.17. The van der Waals surface area contributed by atoms with Crippen LogP contribution >= 0.6 is 0 Å². The van der Waals surface area contributed by atoms with Crippen molar-refractivity contribution in [3.63, 3.8) is 0 Å². The number of hydrogen-bond acceptors (Lipinski definition) is 2. The summed E-state index contributed by atoms with van der Waals surface area (Å²) in [7, 11) is 0. The molecule has 1 fully saturated rings. The van der Waals surface area contributed by atoms with Gasteiger partial charge in [0.2, 0.25) is 0 Å². The van der Waals surface area contributed by atoms with Crippen LogP contribution in [0.2, 0.25) is 0 Å². The third-order valence-electron chi connectivity index (χ3n) is 4.39. The van der Waals surface area contributed by atoms with Gasteiger partial charge in [0.1, 0.15) is 0 Å². The Labute approximate surface area is 110 Å². The van der Waals surface area contributed by atoms with E-state index in [-0.39, 0.29) is 6.10 Å². The number of aromatic nitrogens is 2. The molecule has 0 radical (unpaired) electrons. The summed E-state index contributed by atoms with van der Waals surface area (Å²) >= 11 is 0. The van der Waals surface area contributed by atoms with Crippen LogP contribution in [0.15, 0.2) is 12.3 Å². The molecule has 2 rings (SSSR count). The van der Waals surface area contributed by atoms with Gasteiger partial charge in [-0.05, 0) is 37.7 Å². The van der Waals surface area contributed by atoms with Crippen molar-refractivity contribution in [3.05, 3.63) is 18.0 Å². The molecule has 1 unspecified atom stereocenters. The number of rotatable bonds is 5. The summed E-state index contributed by atoms with van der Waals surface area (Å²) in [6, 6.07) is 1.96.